The van der Waals surface area contributed by atoms with E-state index >= 15 is 0 Å². The summed E-state index contributed by atoms with van der Waals surface area (Å²) in [6.07, 6.45) is 0.123. The summed E-state index contributed by atoms with van der Waals surface area (Å²) in [5.74, 6) is 0.907. The van der Waals surface area contributed by atoms with E-state index < -0.39 is 6.04 Å². The highest BCUT2D eigenvalue weighted by Crippen LogP contribution is 2.29. The van der Waals surface area contributed by atoms with E-state index in [1.54, 1.807) is 0 Å². The molecule has 1 atom stereocenters. The van der Waals surface area contributed by atoms with E-state index in [0.717, 1.165) is 15.6 Å². The van der Waals surface area contributed by atoms with Crippen LogP contribution in [0.1, 0.15) is 31.3 Å². The molecule has 2 rings (SSSR count). The lowest BCUT2D eigenvalue weighted by Crippen LogP contribution is -2.20. The van der Waals surface area contributed by atoms with Gasteiger partial charge in [-0.25, -0.2) is 0 Å². The number of aryl methyl sites for hydroxylation is 1. The van der Waals surface area contributed by atoms with E-state index in [9.17, 15) is 0 Å². The lowest BCUT2D eigenvalue weighted by Gasteiger charge is -2.10. The van der Waals surface area contributed by atoms with E-state index in [1.165, 1.54) is 0 Å². The Hall–Kier alpha value is -1.24. The predicted octanol–water partition coefficient (Wildman–Crippen LogP) is 3.23. The van der Waals surface area contributed by atoms with Gasteiger partial charge >= 0.3 is 0 Å². The minimum Gasteiger partial charge on any atom is -0.377 e. The van der Waals surface area contributed by atoms with Crippen molar-refractivity contribution in [2.24, 2.45) is 5.73 Å². The van der Waals surface area contributed by atoms with Gasteiger partial charge in [0.15, 0.2) is 5.82 Å². The standard InChI is InChI=1S/C14H18BrN3O2/c1-8(2)19-7-11(16)13-17-14(20-18-13)10-6-4-5-9(3)12(10)15/h4-6,8,11H,7,16H2,1-3H3. The van der Waals surface area contributed by atoms with E-state index in [1.807, 2.05) is 39.0 Å². The summed E-state index contributed by atoms with van der Waals surface area (Å²) < 4.78 is 11.7. The maximum absolute atomic E-state index is 5.98. The second-order valence-corrected chi connectivity index (χ2v) is 5.68. The Balaban J connectivity index is 2.18. The van der Waals surface area contributed by atoms with E-state index in [2.05, 4.69) is 26.1 Å². The first-order valence-corrected chi connectivity index (χ1v) is 7.24. The molecule has 1 aromatic carbocycles. The third-order valence-electron chi connectivity index (χ3n) is 2.80. The molecule has 0 saturated carbocycles. The molecular weight excluding hydrogens is 322 g/mol. The fraction of sp³-hybridized carbons (Fsp3) is 0.429. The molecule has 0 amide bonds. The number of aromatic nitrogens is 2. The fourth-order valence-electron chi connectivity index (χ4n) is 1.68. The van der Waals surface area contributed by atoms with Crippen molar-refractivity contribution in [2.75, 3.05) is 6.61 Å². The largest absolute Gasteiger partial charge is 0.377 e. The topological polar surface area (TPSA) is 74.2 Å². The van der Waals surface area contributed by atoms with Crippen LogP contribution in [0.3, 0.4) is 0 Å². The summed E-state index contributed by atoms with van der Waals surface area (Å²) in [7, 11) is 0. The SMILES string of the molecule is Cc1cccc(-c2nc(C(N)COC(C)C)no2)c1Br. The van der Waals surface area contributed by atoms with Crippen LogP contribution >= 0.6 is 15.9 Å². The summed E-state index contributed by atoms with van der Waals surface area (Å²) in [5, 5.41) is 3.93. The van der Waals surface area contributed by atoms with Crippen molar-refractivity contribution < 1.29 is 9.26 Å². The summed E-state index contributed by atoms with van der Waals surface area (Å²) in [4.78, 5) is 4.35. The predicted molar refractivity (Wildman–Crippen MR) is 80.2 cm³/mol. The van der Waals surface area contributed by atoms with Crippen molar-refractivity contribution in [3.05, 3.63) is 34.1 Å². The molecule has 0 fully saturated rings. The smallest absolute Gasteiger partial charge is 0.259 e. The van der Waals surface area contributed by atoms with Crippen LogP contribution < -0.4 is 5.73 Å². The summed E-state index contributed by atoms with van der Waals surface area (Å²) >= 11 is 3.53. The van der Waals surface area contributed by atoms with Crippen LogP contribution in [-0.4, -0.2) is 22.9 Å². The Bertz CT molecular complexity index is 584. The van der Waals surface area contributed by atoms with Crippen LogP contribution in [-0.2, 0) is 4.74 Å². The van der Waals surface area contributed by atoms with Crippen molar-refractivity contribution in [1.29, 1.82) is 0 Å². The zero-order chi connectivity index (χ0) is 14.7. The zero-order valence-corrected chi connectivity index (χ0v) is 13.3. The van der Waals surface area contributed by atoms with Crippen LogP contribution in [0.4, 0.5) is 0 Å². The van der Waals surface area contributed by atoms with Crippen molar-refractivity contribution in [3.8, 4) is 11.5 Å². The summed E-state index contributed by atoms with van der Waals surface area (Å²) in [6, 6.07) is 5.48. The molecule has 108 valence electrons. The third-order valence-corrected chi connectivity index (χ3v) is 3.86. The first-order chi connectivity index (χ1) is 9.49. The highest BCUT2D eigenvalue weighted by Gasteiger charge is 2.17. The minimum atomic E-state index is -0.390. The number of halogens is 1. The molecule has 1 aromatic heterocycles. The Morgan fingerprint density at radius 2 is 2.15 bits per heavy atom. The van der Waals surface area contributed by atoms with Gasteiger partial charge in [-0.3, -0.25) is 0 Å². The van der Waals surface area contributed by atoms with Gasteiger partial charge in [-0.15, -0.1) is 0 Å². The molecule has 0 saturated heterocycles. The van der Waals surface area contributed by atoms with Crippen molar-refractivity contribution in [2.45, 2.75) is 32.9 Å². The Morgan fingerprint density at radius 3 is 2.85 bits per heavy atom. The molecule has 1 heterocycles. The number of nitrogens with two attached hydrogens (primary N) is 1. The Morgan fingerprint density at radius 1 is 1.40 bits per heavy atom. The maximum atomic E-state index is 5.98. The maximum Gasteiger partial charge on any atom is 0.259 e. The highest BCUT2D eigenvalue weighted by atomic mass is 79.9. The Kier molecular flexibility index (Phi) is 4.91. The Labute approximate surface area is 126 Å². The number of nitrogens with zero attached hydrogens (tertiary/aromatic N) is 2. The molecule has 2 aromatic rings. The van der Waals surface area contributed by atoms with Crippen LogP contribution in [0.25, 0.3) is 11.5 Å². The van der Waals surface area contributed by atoms with Crippen LogP contribution in [0, 0.1) is 6.92 Å². The summed E-state index contributed by atoms with van der Waals surface area (Å²) in [6.45, 7) is 6.29. The second-order valence-electron chi connectivity index (χ2n) is 4.88. The summed E-state index contributed by atoms with van der Waals surface area (Å²) in [5.41, 5.74) is 7.95. The molecule has 2 N–H and O–H groups in total. The number of rotatable bonds is 5. The number of hydrogen-bond acceptors (Lipinski definition) is 5. The van der Waals surface area contributed by atoms with Crippen LogP contribution in [0.2, 0.25) is 0 Å². The first-order valence-electron chi connectivity index (χ1n) is 6.45. The van der Waals surface area contributed by atoms with Gasteiger partial charge in [0.2, 0.25) is 0 Å². The quantitative estimate of drug-likeness (QED) is 0.904. The lowest BCUT2D eigenvalue weighted by atomic mass is 10.1. The minimum absolute atomic E-state index is 0.123. The molecule has 0 aliphatic rings. The van der Waals surface area contributed by atoms with Gasteiger partial charge in [0.05, 0.1) is 24.3 Å². The lowest BCUT2D eigenvalue weighted by molar-refractivity contribution is 0.0665. The second kappa shape index (κ2) is 6.47. The van der Waals surface area contributed by atoms with Crippen LogP contribution in [0.15, 0.2) is 27.2 Å². The van der Waals surface area contributed by atoms with Gasteiger partial charge < -0.3 is 15.0 Å². The molecule has 20 heavy (non-hydrogen) atoms. The molecule has 0 aliphatic heterocycles. The average Bonchev–Trinajstić information content (AvgIpc) is 2.88. The number of hydrogen-bond donors (Lipinski definition) is 1. The highest BCUT2D eigenvalue weighted by molar-refractivity contribution is 9.10. The van der Waals surface area contributed by atoms with Gasteiger partial charge in [0.25, 0.3) is 5.89 Å². The van der Waals surface area contributed by atoms with E-state index in [-0.39, 0.29) is 6.10 Å². The van der Waals surface area contributed by atoms with Gasteiger partial charge in [-0.1, -0.05) is 17.3 Å². The monoisotopic (exact) mass is 339 g/mol. The number of ether oxygens (including phenoxy) is 1. The van der Waals surface area contributed by atoms with E-state index in [0.29, 0.717) is 18.3 Å². The van der Waals surface area contributed by atoms with Crippen LogP contribution in [0.5, 0.6) is 0 Å². The zero-order valence-electron chi connectivity index (χ0n) is 11.8. The molecule has 0 radical (unpaired) electrons. The third kappa shape index (κ3) is 3.45. The number of benzene rings is 1. The molecule has 0 spiro atoms. The van der Waals surface area contributed by atoms with Gasteiger partial charge in [0.1, 0.15) is 0 Å². The van der Waals surface area contributed by atoms with Gasteiger partial charge in [-0.05, 0) is 48.3 Å². The fourth-order valence-corrected chi connectivity index (χ4v) is 2.11. The molecule has 6 heteroatoms. The molecule has 5 nitrogen and oxygen atoms in total. The first kappa shape index (κ1) is 15.2. The van der Waals surface area contributed by atoms with E-state index in [4.69, 9.17) is 15.0 Å². The van der Waals surface area contributed by atoms with Crippen molar-refractivity contribution in [3.63, 3.8) is 0 Å². The molecule has 1 unspecified atom stereocenters. The van der Waals surface area contributed by atoms with Gasteiger partial charge in [0, 0.05) is 4.47 Å². The average molecular weight is 340 g/mol. The van der Waals surface area contributed by atoms with Crippen molar-refractivity contribution in [1.82, 2.24) is 10.1 Å². The molecule has 0 bridgehead atoms. The van der Waals surface area contributed by atoms with Crippen molar-refractivity contribution >= 4 is 15.9 Å². The van der Waals surface area contributed by atoms with Gasteiger partial charge in [-0.2, -0.15) is 4.98 Å². The molecular formula is C14H18BrN3O2. The normalized spacial score (nSPS) is 12.9. The molecule has 0 aliphatic carbocycles.